The number of rotatable bonds is 5. The first-order valence-electron chi connectivity index (χ1n) is 12.7. The number of carbonyl (C=O) groups excluding carboxylic acids is 1. The van der Waals surface area contributed by atoms with Crippen molar-refractivity contribution in [3.05, 3.63) is 84.2 Å². The van der Waals surface area contributed by atoms with E-state index in [1.54, 1.807) is 25.3 Å². The van der Waals surface area contributed by atoms with Gasteiger partial charge < -0.3 is 19.9 Å². The zero-order valence-corrected chi connectivity index (χ0v) is 22.2. The zero-order valence-electron chi connectivity index (χ0n) is 22.2. The Bertz CT molecular complexity index is 1810. The SMILES string of the molecule is C=C(C)C(=O)Nc1ccc(-c2c3c4c(ncnc4n2C)NCCc2cc(Oc4nccc(C)n4)c(F)cc2-3)cc1. The van der Waals surface area contributed by atoms with E-state index >= 15 is 4.39 Å². The van der Waals surface area contributed by atoms with Crippen molar-refractivity contribution in [3.8, 4) is 34.1 Å². The quantitative estimate of drug-likeness (QED) is 0.273. The van der Waals surface area contributed by atoms with Crippen LogP contribution in [0.5, 0.6) is 11.8 Å². The van der Waals surface area contributed by atoms with E-state index in [4.69, 9.17) is 4.74 Å². The summed E-state index contributed by atoms with van der Waals surface area (Å²) in [5.41, 5.74) is 6.65. The topological polar surface area (TPSA) is 107 Å². The first kappa shape index (κ1) is 25.2. The van der Waals surface area contributed by atoms with E-state index in [9.17, 15) is 4.79 Å². The maximum absolute atomic E-state index is 15.7. The molecule has 0 radical (unpaired) electrons. The molecule has 2 N–H and O–H groups in total. The molecule has 1 aliphatic rings. The van der Waals surface area contributed by atoms with Crippen LogP contribution in [0.3, 0.4) is 0 Å². The third kappa shape index (κ3) is 4.43. The summed E-state index contributed by atoms with van der Waals surface area (Å²) in [5, 5.41) is 7.05. The van der Waals surface area contributed by atoms with Crippen molar-refractivity contribution in [2.75, 3.05) is 17.2 Å². The molecule has 0 bridgehead atoms. The Labute approximate surface area is 229 Å². The van der Waals surface area contributed by atoms with Crippen LogP contribution >= 0.6 is 0 Å². The van der Waals surface area contributed by atoms with Crippen LogP contribution in [0.4, 0.5) is 15.9 Å². The number of benzene rings is 2. The fourth-order valence-electron chi connectivity index (χ4n) is 4.94. The van der Waals surface area contributed by atoms with Gasteiger partial charge in [-0.1, -0.05) is 18.7 Å². The molecule has 200 valence electrons. The second kappa shape index (κ2) is 9.88. The number of amides is 1. The van der Waals surface area contributed by atoms with Crippen molar-refractivity contribution in [2.24, 2.45) is 7.05 Å². The van der Waals surface area contributed by atoms with Crippen LogP contribution in [0.25, 0.3) is 33.4 Å². The highest BCUT2D eigenvalue weighted by atomic mass is 19.1. The highest BCUT2D eigenvalue weighted by molar-refractivity contribution is 6.09. The first-order chi connectivity index (χ1) is 19.3. The molecule has 1 aliphatic heterocycles. The molecule has 0 saturated carbocycles. The summed E-state index contributed by atoms with van der Waals surface area (Å²) in [7, 11) is 1.93. The number of ether oxygens (including phenoxy) is 1. The van der Waals surface area contributed by atoms with Crippen LogP contribution in [-0.2, 0) is 18.3 Å². The average molecular weight is 536 g/mol. The van der Waals surface area contributed by atoms with Gasteiger partial charge in [-0.2, -0.15) is 0 Å². The van der Waals surface area contributed by atoms with E-state index in [0.29, 0.717) is 35.7 Å². The molecule has 5 aromatic rings. The van der Waals surface area contributed by atoms with E-state index in [1.165, 1.54) is 12.4 Å². The number of aryl methyl sites for hydroxylation is 2. The predicted molar refractivity (Wildman–Crippen MR) is 152 cm³/mol. The van der Waals surface area contributed by atoms with Crippen LogP contribution in [0, 0.1) is 12.7 Å². The van der Waals surface area contributed by atoms with Crippen LogP contribution < -0.4 is 15.4 Å². The summed E-state index contributed by atoms with van der Waals surface area (Å²) in [6.45, 7) is 7.75. The van der Waals surface area contributed by atoms with Gasteiger partial charge in [0, 0.05) is 42.3 Å². The van der Waals surface area contributed by atoms with E-state index in [0.717, 1.165) is 39.0 Å². The molecular weight excluding hydrogens is 509 g/mol. The molecule has 6 rings (SSSR count). The lowest BCUT2D eigenvalue weighted by molar-refractivity contribution is -0.112. The van der Waals surface area contributed by atoms with Crippen molar-refractivity contribution in [3.63, 3.8) is 0 Å². The van der Waals surface area contributed by atoms with Gasteiger partial charge in [0.1, 0.15) is 17.8 Å². The fraction of sp³-hybridized carbons (Fsp3) is 0.167. The number of aromatic nitrogens is 5. The standard InChI is InChI=1S/C30H26FN7O2/c1-16(2)29(39)37-20-7-5-18(6-8-20)26-24-21-14-22(31)23(40-30-33-11-9-17(3)36-30)13-19(21)10-12-32-27-25(24)28(38(26)4)35-15-34-27/h5-9,11,13-15H,1,10,12H2,2-4H3,(H,37,39)(H,32,34,35). The normalized spacial score (nSPS) is 12.2. The average Bonchev–Trinajstić information content (AvgIpc) is 3.22. The first-order valence-corrected chi connectivity index (χ1v) is 12.7. The number of nitrogens with zero attached hydrogens (tertiary/aromatic N) is 5. The Morgan fingerprint density at radius 1 is 1.15 bits per heavy atom. The second-order valence-electron chi connectivity index (χ2n) is 9.71. The number of hydrogen-bond acceptors (Lipinski definition) is 7. The number of nitrogens with one attached hydrogen (secondary N) is 2. The van der Waals surface area contributed by atoms with Gasteiger partial charge >= 0.3 is 6.01 Å². The summed E-state index contributed by atoms with van der Waals surface area (Å²) >= 11 is 0. The number of anilines is 2. The van der Waals surface area contributed by atoms with E-state index < -0.39 is 5.82 Å². The van der Waals surface area contributed by atoms with Crippen molar-refractivity contribution < 1.29 is 13.9 Å². The molecule has 0 spiro atoms. The van der Waals surface area contributed by atoms with Gasteiger partial charge in [0.05, 0.1) is 11.1 Å². The molecule has 2 aromatic carbocycles. The number of carbonyl (C=O) groups is 1. The molecule has 4 heterocycles. The van der Waals surface area contributed by atoms with Gasteiger partial charge in [0.2, 0.25) is 0 Å². The maximum Gasteiger partial charge on any atom is 0.322 e. The van der Waals surface area contributed by atoms with Gasteiger partial charge in [-0.3, -0.25) is 4.79 Å². The lowest BCUT2D eigenvalue weighted by atomic mass is 9.92. The summed E-state index contributed by atoms with van der Waals surface area (Å²) in [6.07, 6.45) is 3.70. The van der Waals surface area contributed by atoms with Crippen LogP contribution in [0.2, 0.25) is 0 Å². The molecule has 0 saturated heterocycles. The predicted octanol–water partition coefficient (Wildman–Crippen LogP) is 5.81. The highest BCUT2D eigenvalue weighted by Crippen LogP contribution is 2.45. The minimum absolute atomic E-state index is 0.0563. The Hall–Kier alpha value is -5.12. The number of fused-ring (bicyclic) bond motifs is 2. The van der Waals surface area contributed by atoms with Gasteiger partial charge in [0.25, 0.3) is 5.91 Å². The molecule has 0 fully saturated rings. The summed E-state index contributed by atoms with van der Waals surface area (Å²) in [4.78, 5) is 29.5. The third-order valence-electron chi connectivity index (χ3n) is 6.86. The Morgan fingerprint density at radius 3 is 2.70 bits per heavy atom. The second-order valence-corrected chi connectivity index (χ2v) is 9.71. The maximum atomic E-state index is 15.7. The molecular formula is C30H26FN7O2. The number of halogens is 1. The molecule has 0 aliphatic carbocycles. The van der Waals surface area contributed by atoms with E-state index in [2.05, 4.69) is 37.1 Å². The van der Waals surface area contributed by atoms with E-state index in [-0.39, 0.29) is 17.7 Å². The largest absolute Gasteiger partial charge is 0.421 e. The van der Waals surface area contributed by atoms with Gasteiger partial charge in [-0.05, 0) is 67.3 Å². The molecule has 1 amide bonds. The van der Waals surface area contributed by atoms with Crippen molar-refractivity contribution in [2.45, 2.75) is 20.3 Å². The third-order valence-corrected chi connectivity index (χ3v) is 6.86. The zero-order chi connectivity index (χ0) is 28.0. The lowest BCUT2D eigenvalue weighted by Gasteiger charge is -2.18. The van der Waals surface area contributed by atoms with Gasteiger partial charge in [-0.15, -0.1) is 0 Å². The minimum atomic E-state index is -0.531. The Kier molecular flexibility index (Phi) is 6.22. The van der Waals surface area contributed by atoms with Crippen LogP contribution in [-0.4, -0.2) is 37.0 Å². The van der Waals surface area contributed by atoms with Gasteiger partial charge in [-0.25, -0.2) is 24.3 Å². The smallest absolute Gasteiger partial charge is 0.322 e. The van der Waals surface area contributed by atoms with Crippen molar-refractivity contribution in [1.82, 2.24) is 24.5 Å². The van der Waals surface area contributed by atoms with Crippen LogP contribution in [0.15, 0.2) is 67.1 Å². The highest BCUT2D eigenvalue weighted by Gasteiger charge is 2.27. The van der Waals surface area contributed by atoms with E-state index in [1.807, 2.05) is 42.8 Å². The lowest BCUT2D eigenvalue weighted by Crippen LogP contribution is -2.11. The summed E-state index contributed by atoms with van der Waals surface area (Å²) in [6, 6.07) is 12.5. The molecule has 10 heteroatoms. The Balaban J connectivity index is 1.52. The molecule has 40 heavy (non-hydrogen) atoms. The summed E-state index contributed by atoms with van der Waals surface area (Å²) < 4.78 is 23.4. The van der Waals surface area contributed by atoms with Crippen molar-refractivity contribution in [1.29, 1.82) is 0 Å². The Morgan fingerprint density at radius 2 is 1.95 bits per heavy atom. The number of hydrogen-bond donors (Lipinski definition) is 2. The minimum Gasteiger partial charge on any atom is -0.421 e. The van der Waals surface area contributed by atoms with Crippen LogP contribution in [0.1, 0.15) is 18.2 Å². The molecule has 3 aromatic heterocycles. The molecule has 0 unspecified atom stereocenters. The fourth-order valence-corrected chi connectivity index (χ4v) is 4.94. The molecule has 9 nitrogen and oxygen atoms in total. The van der Waals surface area contributed by atoms with Crippen molar-refractivity contribution >= 4 is 28.4 Å². The summed E-state index contributed by atoms with van der Waals surface area (Å²) in [5.74, 6) is -0.0335. The van der Waals surface area contributed by atoms with Gasteiger partial charge in [0.15, 0.2) is 11.6 Å². The molecule has 0 atom stereocenters. The monoisotopic (exact) mass is 535 g/mol.